The van der Waals surface area contributed by atoms with Crippen molar-refractivity contribution in [1.82, 2.24) is 25.5 Å². The van der Waals surface area contributed by atoms with Crippen molar-refractivity contribution in [2.24, 2.45) is 17.9 Å². The van der Waals surface area contributed by atoms with Gasteiger partial charge in [0.15, 0.2) is 5.82 Å². The summed E-state index contributed by atoms with van der Waals surface area (Å²) < 4.78 is 1.81. The van der Waals surface area contributed by atoms with Crippen molar-refractivity contribution in [3.63, 3.8) is 0 Å². The van der Waals surface area contributed by atoms with Crippen LogP contribution in [0.2, 0.25) is 0 Å². The molecule has 0 saturated carbocycles. The molecule has 0 aliphatic rings. The summed E-state index contributed by atoms with van der Waals surface area (Å²) in [6, 6.07) is 0. The summed E-state index contributed by atoms with van der Waals surface area (Å²) in [5.74, 6) is 6.59. The van der Waals surface area contributed by atoms with Crippen LogP contribution < -0.4 is 16.6 Å². The Morgan fingerprint density at radius 2 is 2.50 bits per heavy atom. The quantitative estimate of drug-likeness (QED) is 0.243. The first-order valence-corrected chi connectivity index (χ1v) is 4.35. The third-order valence-corrected chi connectivity index (χ3v) is 1.66. The number of hydrogen-bond acceptors (Lipinski definition) is 4. The number of nitrogens with zero attached hydrogens (tertiary/aromatic N) is 4. The van der Waals surface area contributed by atoms with E-state index in [4.69, 9.17) is 5.84 Å². The zero-order chi connectivity index (χ0) is 10.4. The topological polar surface area (TPSA) is 93.1 Å². The fourth-order valence-corrected chi connectivity index (χ4v) is 0.920. The summed E-state index contributed by atoms with van der Waals surface area (Å²) in [6.45, 7) is 3.18. The third kappa shape index (κ3) is 2.70. The minimum atomic E-state index is 0.447. The Morgan fingerprint density at radius 1 is 1.71 bits per heavy atom. The molecule has 4 N–H and O–H groups in total. The van der Waals surface area contributed by atoms with Crippen molar-refractivity contribution in [1.29, 1.82) is 0 Å². The van der Waals surface area contributed by atoms with Crippen molar-refractivity contribution in [3.05, 3.63) is 12.2 Å². The summed E-state index contributed by atoms with van der Waals surface area (Å²) in [7, 11) is 1.87. The number of nitrogens with two attached hydrogens (primary N) is 1. The fourth-order valence-electron chi connectivity index (χ4n) is 0.920. The average Bonchev–Trinajstić information content (AvgIpc) is 2.59. The van der Waals surface area contributed by atoms with Gasteiger partial charge >= 0.3 is 0 Å². The smallest absolute Gasteiger partial charge is 0.206 e. The third-order valence-electron chi connectivity index (χ3n) is 1.66. The zero-order valence-corrected chi connectivity index (χ0v) is 8.36. The van der Waals surface area contributed by atoms with Crippen LogP contribution >= 0.6 is 0 Å². The van der Waals surface area contributed by atoms with Gasteiger partial charge in [0.1, 0.15) is 12.9 Å². The molecule has 1 rings (SSSR count). The van der Waals surface area contributed by atoms with E-state index in [0.29, 0.717) is 12.5 Å². The maximum absolute atomic E-state index is 5.25. The number of hydrazine groups is 1. The van der Waals surface area contributed by atoms with Gasteiger partial charge in [0.25, 0.3) is 0 Å². The van der Waals surface area contributed by atoms with E-state index in [0.717, 1.165) is 12.4 Å². The molecule has 0 radical (unpaired) electrons. The van der Waals surface area contributed by atoms with Crippen LogP contribution in [0.25, 0.3) is 0 Å². The number of aryl methyl sites for hydroxylation is 1. The predicted molar refractivity (Wildman–Crippen MR) is 53.1 cm³/mol. The van der Waals surface area contributed by atoms with Crippen LogP contribution in [0, 0.1) is 0 Å². The molecule has 0 atom stereocenters. The number of hydrogen-bond donors (Lipinski definition) is 3. The van der Waals surface area contributed by atoms with Gasteiger partial charge in [0, 0.05) is 13.6 Å². The van der Waals surface area contributed by atoms with Crippen LogP contribution in [0.3, 0.4) is 0 Å². The Morgan fingerprint density at radius 3 is 3.00 bits per heavy atom. The first-order chi connectivity index (χ1) is 6.77. The van der Waals surface area contributed by atoms with Crippen molar-refractivity contribution in [3.8, 4) is 0 Å². The molecule has 1 aromatic rings. The van der Waals surface area contributed by atoms with E-state index in [1.807, 2.05) is 18.5 Å². The lowest BCUT2D eigenvalue weighted by Crippen LogP contribution is -2.41. The van der Waals surface area contributed by atoms with Crippen LogP contribution in [-0.4, -0.2) is 27.3 Å². The molecule has 0 amide bonds. The van der Waals surface area contributed by atoms with E-state index in [-0.39, 0.29) is 0 Å². The lowest BCUT2D eigenvalue weighted by Gasteiger charge is -2.05. The van der Waals surface area contributed by atoms with E-state index in [1.54, 1.807) is 6.33 Å². The second kappa shape index (κ2) is 5.18. The molecule has 0 aliphatic heterocycles. The molecule has 0 unspecified atom stereocenters. The molecule has 0 saturated heterocycles. The van der Waals surface area contributed by atoms with Gasteiger partial charge in [-0.2, -0.15) is 0 Å². The summed E-state index contributed by atoms with van der Waals surface area (Å²) in [5, 5.41) is 10.6. The molecular formula is C7H15N7. The maximum atomic E-state index is 5.25. The van der Waals surface area contributed by atoms with E-state index in [1.165, 1.54) is 0 Å². The Labute approximate surface area is 82.4 Å². The number of rotatable bonds is 3. The lowest BCUT2D eigenvalue weighted by atomic mass is 10.6. The van der Waals surface area contributed by atoms with E-state index >= 15 is 0 Å². The van der Waals surface area contributed by atoms with Crippen molar-refractivity contribution in [2.45, 2.75) is 13.5 Å². The molecular weight excluding hydrogens is 182 g/mol. The van der Waals surface area contributed by atoms with E-state index in [9.17, 15) is 0 Å². The largest absolute Gasteiger partial charge is 0.356 e. The number of aliphatic imine (C=N–C) groups is 1. The van der Waals surface area contributed by atoms with Crippen LogP contribution in [0.1, 0.15) is 12.7 Å². The van der Waals surface area contributed by atoms with Gasteiger partial charge in [-0.1, -0.05) is 0 Å². The SMILES string of the molecule is CCNC(=NCc1nncn1C)NN. The highest BCUT2D eigenvalue weighted by Gasteiger charge is 1.99. The standard InChI is InChI=1S/C7H15N7/c1-3-9-7(12-8)10-4-6-13-11-5-14(6)2/h5H,3-4,8H2,1-2H3,(H2,9,10,12). The molecule has 0 bridgehead atoms. The van der Waals surface area contributed by atoms with Crippen LogP contribution in [0.15, 0.2) is 11.3 Å². The second-order valence-corrected chi connectivity index (χ2v) is 2.70. The first kappa shape index (κ1) is 10.5. The summed E-state index contributed by atoms with van der Waals surface area (Å²) in [6.07, 6.45) is 1.63. The van der Waals surface area contributed by atoms with Crippen LogP contribution in [0.5, 0.6) is 0 Å². The van der Waals surface area contributed by atoms with Gasteiger partial charge in [0.05, 0.1) is 0 Å². The van der Waals surface area contributed by atoms with Gasteiger partial charge in [-0.3, -0.25) is 5.43 Å². The monoisotopic (exact) mass is 197 g/mol. The Hall–Kier alpha value is -1.63. The maximum Gasteiger partial charge on any atom is 0.206 e. The van der Waals surface area contributed by atoms with Crippen molar-refractivity contribution < 1.29 is 0 Å². The van der Waals surface area contributed by atoms with Gasteiger partial charge in [-0.05, 0) is 6.92 Å². The highest BCUT2D eigenvalue weighted by molar-refractivity contribution is 5.78. The Kier molecular flexibility index (Phi) is 3.86. The zero-order valence-electron chi connectivity index (χ0n) is 8.36. The minimum absolute atomic E-state index is 0.447. The second-order valence-electron chi connectivity index (χ2n) is 2.70. The molecule has 7 heteroatoms. The number of nitrogens with one attached hydrogen (secondary N) is 2. The summed E-state index contributed by atoms with van der Waals surface area (Å²) >= 11 is 0. The number of guanidine groups is 1. The van der Waals surface area contributed by atoms with E-state index < -0.39 is 0 Å². The molecule has 0 aromatic carbocycles. The fraction of sp³-hybridized carbons (Fsp3) is 0.571. The van der Waals surface area contributed by atoms with Crippen LogP contribution in [-0.2, 0) is 13.6 Å². The summed E-state index contributed by atoms with van der Waals surface area (Å²) in [5.41, 5.74) is 2.47. The van der Waals surface area contributed by atoms with Crippen molar-refractivity contribution in [2.75, 3.05) is 6.54 Å². The van der Waals surface area contributed by atoms with E-state index in [2.05, 4.69) is 25.9 Å². The van der Waals surface area contributed by atoms with Crippen LogP contribution in [0.4, 0.5) is 0 Å². The molecule has 0 spiro atoms. The molecule has 1 heterocycles. The molecule has 14 heavy (non-hydrogen) atoms. The molecule has 1 aromatic heterocycles. The first-order valence-electron chi connectivity index (χ1n) is 4.35. The van der Waals surface area contributed by atoms with Gasteiger partial charge in [-0.15, -0.1) is 10.2 Å². The molecule has 0 fully saturated rings. The summed E-state index contributed by atoms with van der Waals surface area (Å²) in [4.78, 5) is 4.18. The predicted octanol–water partition coefficient (Wildman–Crippen LogP) is -1.26. The minimum Gasteiger partial charge on any atom is -0.356 e. The normalized spacial score (nSPS) is 11.5. The lowest BCUT2D eigenvalue weighted by molar-refractivity contribution is 0.775. The van der Waals surface area contributed by atoms with Gasteiger partial charge < -0.3 is 9.88 Å². The molecule has 78 valence electrons. The highest BCUT2D eigenvalue weighted by Crippen LogP contribution is 1.93. The Balaban J connectivity index is 2.56. The Bertz CT molecular complexity index is 303. The molecule has 0 aliphatic carbocycles. The van der Waals surface area contributed by atoms with Gasteiger partial charge in [0.2, 0.25) is 5.96 Å². The van der Waals surface area contributed by atoms with Crippen molar-refractivity contribution >= 4 is 5.96 Å². The average molecular weight is 197 g/mol. The highest BCUT2D eigenvalue weighted by atomic mass is 15.3. The van der Waals surface area contributed by atoms with Gasteiger partial charge in [-0.25, -0.2) is 10.8 Å². The molecule has 7 nitrogen and oxygen atoms in total. The number of aromatic nitrogens is 3.